The minimum Gasteiger partial charge on any atom is -0.497 e. The molecule has 1 fully saturated rings. The highest BCUT2D eigenvalue weighted by molar-refractivity contribution is 7.89. The number of benzene rings is 2. The predicted molar refractivity (Wildman–Crippen MR) is 110 cm³/mol. The van der Waals surface area contributed by atoms with E-state index in [1.54, 1.807) is 25.3 Å². The number of rotatable bonds is 9. The smallest absolute Gasteiger partial charge is 0.243 e. The largest absolute Gasteiger partial charge is 0.497 e. The van der Waals surface area contributed by atoms with Gasteiger partial charge in [-0.15, -0.1) is 0 Å². The highest BCUT2D eigenvalue weighted by Crippen LogP contribution is 2.27. The van der Waals surface area contributed by atoms with Crippen LogP contribution in [0.15, 0.2) is 59.5 Å². The lowest BCUT2D eigenvalue weighted by atomic mass is 10.0. The Balaban J connectivity index is 1.50. The van der Waals surface area contributed by atoms with Crippen molar-refractivity contribution in [3.63, 3.8) is 0 Å². The van der Waals surface area contributed by atoms with E-state index in [-0.39, 0.29) is 24.5 Å². The number of nitrogens with zero attached hydrogens (tertiary/aromatic N) is 1. The maximum atomic E-state index is 12.7. The molecule has 0 unspecified atom stereocenters. The van der Waals surface area contributed by atoms with Crippen molar-refractivity contribution in [3.8, 4) is 5.75 Å². The first-order chi connectivity index (χ1) is 13.8. The van der Waals surface area contributed by atoms with Gasteiger partial charge in [0.1, 0.15) is 11.4 Å². The summed E-state index contributed by atoms with van der Waals surface area (Å²) in [7, 11) is -2.11. The number of nitrogens with one attached hydrogen (secondary N) is 1. The van der Waals surface area contributed by atoms with Crippen LogP contribution in [0.2, 0.25) is 0 Å². The van der Waals surface area contributed by atoms with E-state index in [0.717, 1.165) is 28.5 Å². The van der Waals surface area contributed by atoms with Gasteiger partial charge in [0.05, 0.1) is 18.1 Å². The Hall–Kier alpha value is -1.97. The maximum absolute atomic E-state index is 12.7. The fourth-order valence-electron chi connectivity index (χ4n) is 3.49. The van der Waals surface area contributed by atoms with Gasteiger partial charge in [-0.1, -0.05) is 30.3 Å². The first-order valence-electron chi connectivity index (χ1n) is 9.64. The molecule has 0 aliphatic carbocycles. The summed E-state index contributed by atoms with van der Waals surface area (Å²) in [6.45, 7) is 0.484. The number of aliphatic hydroxyl groups is 2. The second-order valence-electron chi connectivity index (χ2n) is 7.36. The molecular formula is C21H28N2O5S. The third kappa shape index (κ3) is 5.15. The molecule has 2 aromatic rings. The Morgan fingerprint density at radius 2 is 1.97 bits per heavy atom. The number of sulfonamides is 1. The molecule has 0 spiro atoms. The van der Waals surface area contributed by atoms with Gasteiger partial charge in [-0.2, -0.15) is 4.31 Å². The van der Waals surface area contributed by atoms with E-state index in [4.69, 9.17) is 4.74 Å². The summed E-state index contributed by atoms with van der Waals surface area (Å²) >= 11 is 0. The van der Waals surface area contributed by atoms with Gasteiger partial charge in [0.15, 0.2) is 0 Å². The summed E-state index contributed by atoms with van der Waals surface area (Å²) in [6.07, 6.45) is 0.539. The second-order valence-corrected chi connectivity index (χ2v) is 9.30. The van der Waals surface area contributed by atoms with Crippen LogP contribution in [0.4, 0.5) is 0 Å². The quantitative estimate of drug-likeness (QED) is 0.524. The zero-order valence-electron chi connectivity index (χ0n) is 16.5. The summed E-state index contributed by atoms with van der Waals surface area (Å²) in [5.74, 6) is 0.818. The molecule has 8 heteroatoms. The molecule has 0 saturated carbocycles. The molecular weight excluding hydrogens is 392 g/mol. The molecule has 3 N–H and O–H groups in total. The van der Waals surface area contributed by atoms with Crippen molar-refractivity contribution >= 4 is 10.0 Å². The lowest BCUT2D eigenvalue weighted by Gasteiger charge is -2.26. The van der Waals surface area contributed by atoms with Gasteiger partial charge in [-0.3, -0.25) is 0 Å². The Labute approximate surface area is 172 Å². The van der Waals surface area contributed by atoms with E-state index in [2.05, 4.69) is 5.32 Å². The Morgan fingerprint density at radius 3 is 2.69 bits per heavy atom. The van der Waals surface area contributed by atoms with Crippen LogP contribution in [0, 0.1) is 0 Å². The van der Waals surface area contributed by atoms with E-state index < -0.39 is 21.7 Å². The van der Waals surface area contributed by atoms with Gasteiger partial charge in [0.2, 0.25) is 10.0 Å². The molecule has 2 atom stereocenters. The van der Waals surface area contributed by atoms with E-state index in [1.807, 2.05) is 24.3 Å². The Kier molecular flexibility index (Phi) is 6.92. The third-order valence-electron chi connectivity index (χ3n) is 5.21. The number of ether oxygens (including phenoxy) is 1. The number of hydrogen-bond acceptors (Lipinski definition) is 6. The maximum Gasteiger partial charge on any atom is 0.243 e. The van der Waals surface area contributed by atoms with E-state index in [9.17, 15) is 18.6 Å². The summed E-state index contributed by atoms with van der Waals surface area (Å²) in [5.41, 5.74) is -0.358. The van der Waals surface area contributed by atoms with Crippen LogP contribution in [-0.2, 0) is 16.4 Å². The SMILES string of the molecule is COc1cccc(CCCNC[C@]2(O)CN(S(=O)(=O)c3ccccc3)C[C@H]2O)c1. The predicted octanol–water partition coefficient (Wildman–Crippen LogP) is 1.01. The number of aryl methyl sites for hydroxylation is 1. The Bertz CT molecular complexity index is 906. The Morgan fingerprint density at radius 1 is 1.21 bits per heavy atom. The van der Waals surface area contributed by atoms with Gasteiger partial charge in [0.25, 0.3) is 0 Å². The minimum absolute atomic E-state index is 0.118. The molecule has 158 valence electrons. The van der Waals surface area contributed by atoms with Crippen molar-refractivity contribution in [2.75, 3.05) is 33.3 Å². The van der Waals surface area contributed by atoms with Crippen LogP contribution in [0.5, 0.6) is 5.75 Å². The summed E-state index contributed by atoms with van der Waals surface area (Å²) in [4.78, 5) is 0.155. The van der Waals surface area contributed by atoms with Crippen LogP contribution in [0.1, 0.15) is 12.0 Å². The molecule has 2 aromatic carbocycles. The summed E-state index contributed by atoms with van der Waals surface area (Å²) < 4.78 is 31.8. The molecule has 1 aliphatic rings. The zero-order chi connectivity index (χ0) is 20.9. The van der Waals surface area contributed by atoms with Crippen LogP contribution in [0.3, 0.4) is 0 Å². The van der Waals surface area contributed by atoms with Gasteiger partial charge in [0, 0.05) is 19.6 Å². The fourth-order valence-corrected chi connectivity index (χ4v) is 5.02. The van der Waals surface area contributed by atoms with E-state index >= 15 is 0 Å². The highest BCUT2D eigenvalue weighted by atomic mass is 32.2. The molecule has 0 aromatic heterocycles. The molecule has 7 nitrogen and oxygen atoms in total. The number of methoxy groups -OCH3 is 1. The van der Waals surface area contributed by atoms with Crippen LogP contribution in [-0.4, -0.2) is 67.9 Å². The molecule has 0 radical (unpaired) electrons. The summed E-state index contributed by atoms with van der Waals surface area (Å²) in [5, 5.41) is 24.2. The monoisotopic (exact) mass is 420 g/mol. The van der Waals surface area contributed by atoms with Gasteiger partial charge < -0.3 is 20.3 Å². The lowest BCUT2D eigenvalue weighted by Crippen LogP contribution is -2.50. The minimum atomic E-state index is -3.75. The highest BCUT2D eigenvalue weighted by Gasteiger charge is 2.48. The van der Waals surface area contributed by atoms with Crippen molar-refractivity contribution in [2.45, 2.75) is 29.4 Å². The summed E-state index contributed by atoms with van der Waals surface area (Å²) in [6, 6.07) is 15.9. The topological polar surface area (TPSA) is 99.1 Å². The van der Waals surface area contributed by atoms with Gasteiger partial charge in [-0.25, -0.2) is 8.42 Å². The zero-order valence-corrected chi connectivity index (χ0v) is 17.3. The molecule has 1 heterocycles. The molecule has 29 heavy (non-hydrogen) atoms. The average Bonchev–Trinajstić information content (AvgIpc) is 3.04. The standard InChI is InChI=1S/C21H28N2O5S/c1-28-18-9-5-7-17(13-18)8-6-12-22-15-21(25)16-23(14-20(21)24)29(26,27)19-10-3-2-4-11-19/h2-5,7,9-11,13,20,22,24-25H,6,8,12,14-16H2,1H3/t20-,21+/m1/s1. The van der Waals surface area contributed by atoms with Crippen molar-refractivity contribution in [2.24, 2.45) is 0 Å². The van der Waals surface area contributed by atoms with Crippen molar-refractivity contribution in [3.05, 3.63) is 60.2 Å². The molecule has 1 saturated heterocycles. The van der Waals surface area contributed by atoms with Crippen LogP contribution in [0.25, 0.3) is 0 Å². The normalized spacial score (nSPS) is 22.7. The number of β-amino-alcohol motifs (C(OH)–C–C–N with tert-alkyl or cyclic N) is 2. The second kappa shape index (κ2) is 9.23. The van der Waals surface area contributed by atoms with E-state index in [1.165, 1.54) is 12.1 Å². The van der Waals surface area contributed by atoms with Crippen molar-refractivity contribution < 1.29 is 23.4 Å². The van der Waals surface area contributed by atoms with Gasteiger partial charge >= 0.3 is 0 Å². The average molecular weight is 421 g/mol. The molecule has 3 rings (SSSR count). The molecule has 0 bridgehead atoms. The van der Waals surface area contributed by atoms with E-state index in [0.29, 0.717) is 6.54 Å². The van der Waals surface area contributed by atoms with Crippen LogP contribution < -0.4 is 10.1 Å². The lowest BCUT2D eigenvalue weighted by molar-refractivity contribution is -0.0381. The van der Waals surface area contributed by atoms with Crippen LogP contribution >= 0.6 is 0 Å². The molecule has 1 aliphatic heterocycles. The number of hydrogen-bond donors (Lipinski definition) is 3. The van der Waals surface area contributed by atoms with Crippen molar-refractivity contribution in [1.29, 1.82) is 0 Å². The molecule has 0 amide bonds. The van der Waals surface area contributed by atoms with Gasteiger partial charge in [-0.05, 0) is 49.2 Å². The third-order valence-corrected chi connectivity index (χ3v) is 7.04. The first kappa shape index (κ1) is 21.7. The number of aliphatic hydroxyl groups excluding tert-OH is 1. The first-order valence-corrected chi connectivity index (χ1v) is 11.1. The van der Waals surface area contributed by atoms with Crippen molar-refractivity contribution in [1.82, 2.24) is 9.62 Å². The fraction of sp³-hybridized carbons (Fsp3) is 0.429.